The Kier molecular flexibility index (Phi) is 29.9. The Hall–Kier alpha value is -12.3. The lowest BCUT2D eigenvalue weighted by Gasteiger charge is -2.32. The van der Waals surface area contributed by atoms with Crippen LogP contribution in [0.1, 0.15) is 71.8 Å². The summed E-state index contributed by atoms with van der Waals surface area (Å²) < 4.78 is 38.8. The van der Waals surface area contributed by atoms with Crippen LogP contribution < -0.4 is 44.9 Å². The molecule has 0 spiro atoms. The van der Waals surface area contributed by atoms with E-state index < -0.39 is 24.8 Å². The molecule has 0 radical (unpaired) electrons. The van der Waals surface area contributed by atoms with Crippen molar-refractivity contribution in [2.45, 2.75) is 32.7 Å². The van der Waals surface area contributed by atoms with Gasteiger partial charge in [-0.05, 0) is 46.3 Å². The van der Waals surface area contributed by atoms with Gasteiger partial charge in [0, 0.05) is 129 Å². The van der Waals surface area contributed by atoms with Crippen molar-refractivity contribution in [1.29, 1.82) is 15.8 Å². The van der Waals surface area contributed by atoms with Gasteiger partial charge in [-0.25, -0.2) is 48.7 Å². The SMILES string of the molecule is CN1CCN(Cc2ccc(N(C)C(=O)Nc3cc(OCCF)c(C#N)cn3)nc2C=O)C(=O)C1.COCCOc1cc(NC(=O)N(C)c2ccc(CN3CCN(C)CC3=O)c(C=O)n2)ncc1C#N.COC[C@@H](C)Oc1cc(NC(=O)N(C)c2ccc(CN3CCN(C)CC3=O)c(C=O)n2)ncc1C#N. The third-order valence-corrected chi connectivity index (χ3v) is 16.2. The van der Waals surface area contributed by atoms with Crippen molar-refractivity contribution in [2.75, 3.05) is 179 Å². The lowest BCUT2D eigenvalue weighted by molar-refractivity contribution is -0.136. The first-order valence-corrected chi connectivity index (χ1v) is 32.5. The predicted molar refractivity (Wildman–Crippen MR) is 378 cm³/mol. The number of urea groups is 3. The molecule has 35 nitrogen and oxygen atoms in total. The molecule has 0 bridgehead atoms. The zero-order valence-electron chi connectivity index (χ0n) is 59.4. The molecule has 0 unspecified atom stereocenters. The maximum Gasteiger partial charge on any atom is 0.328 e. The van der Waals surface area contributed by atoms with Crippen molar-refractivity contribution in [3.8, 4) is 35.5 Å². The lowest BCUT2D eigenvalue weighted by Crippen LogP contribution is -2.48. The maximum atomic E-state index is 12.8. The highest BCUT2D eigenvalue weighted by Crippen LogP contribution is 2.27. The fourth-order valence-corrected chi connectivity index (χ4v) is 10.2. The van der Waals surface area contributed by atoms with E-state index in [1.807, 2.05) is 54.1 Å². The Morgan fingerprint density at radius 3 is 1.16 bits per heavy atom. The van der Waals surface area contributed by atoms with Crippen LogP contribution in [-0.4, -0.2) is 269 Å². The van der Waals surface area contributed by atoms with E-state index in [2.05, 4.69) is 45.9 Å². The van der Waals surface area contributed by atoms with Gasteiger partial charge in [0.05, 0.1) is 51.4 Å². The first-order chi connectivity index (χ1) is 50.5. The van der Waals surface area contributed by atoms with E-state index in [0.717, 1.165) is 19.6 Å². The first-order valence-electron chi connectivity index (χ1n) is 32.5. The largest absolute Gasteiger partial charge is 0.490 e. The quantitative estimate of drug-likeness (QED) is 0.0508. The second kappa shape index (κ2) is 39.2. The Morgan fingerprint density at radius 2 is 0.857 bits per heavy atom. The van der Waals surface area contributed by atoms with Gasteiger partial charge in [-0.1, -0.05) is 18.2 Å². The number of alkyl halides is 1. The molecule has 105 heavy (non-hydrogen) atoms. The van der Waals surface area contributed by atoms with Crippen molar-refractivity contribution in [1.82, 2.24) is 59.3 Å². The van der Waals surface area contributed by atoms with Crippen LogP contribution in [0.3, 0.4) is 0 Å². The number of halogens is 1. The maximum absolute atomic E-state index is 12.8. The van der Waals surface area contributed by atoms with Crippen molar-refractivity contribution >= 4 is 89.6 Å². The number of rotatable bonds is 26. The van der Waals surface area contributed by atoms with Crippen molar-refractivity contribution < 1.29 is 71.2 Å². The van der Waals surface area contributed by atoms with Gasteiger partial charge in [0.15, 0.2) is 18.9 Å². The van der Waals surface area contributed by atoms with Crippen molar-refractivity contribution in [2.24, 2.45) is 0 Å². The number of aromatic nitrogens is 6. The van der Waals surface area contributed by atoms with E-state index in [4.69, 9.17) is 28.9 Å². The molecule has 3 N–H and O–H groups in total. The molecule has 9 amide bonds. The van der Waals surface area contributed by atoms with Gasteiger partial charge in [-0.2, -0.15) is 15.8 Å². The summed E-state index contributed by atoms with van der Waals surface area (Å²) in [4.78, 5) is 150. The normalized spacial score (nSPS) is 14.1. The standard InChI is InChI=1S/C24H29N7O5.C23H27N7O5.C22H24FN7O4/c1-16(15-35-4)36-20-9-21(26-11-18(20)10-25)28-24(34)30(3)22-6-5-17(19(14-32)27-22)12-31-8-7-29(2)13-23(31)33;1-28-6-7-30(22(32)14-28)13-16-4-5-21(26-18(16)15-31)29(2)23(33)27-20-10-19(35-9-8-34-3)17(11-24)12-25-20;1-28-6-7-30(21(32)13-28)12-15-3-4-20(26-17(15)14-31)29(2)22(33)27-19-9-18(34-8-5-23)16(10-24)11-25-19/h5-6,9,11,14,16H,7-8,12-13,15H2,1-4H3,(H,26,28,34);4-5,10,12,15H,6-9,13-14H2,1-3H3,(H,25,27,33);3-4,9,11,14H,5-8,12-13H2,1-2H3,(H,25,27,33)/t16-;;/m1../s1. The highest BCUT2D eigenvalue weighted by Gasteiger charge is 2.28. The molecule has 36 heteroatoms. The number of nitrogens with zero attached hydrogens (tertiary/aromatic N) is 18. The summed E-state index contributed by atoms with van der Waals surface area (Å²) in [5.74, 6) is 1.67. The summed E-state index contributed by atoms with van der Waals surface area (Å²) in [6, 6.07) is 18.2. The number of anilines is 6. The molecule has 3 aliphatic rings. The minimum atomic E-state index is -0.735. The second-order valence-corrected chi connectivity index (χ2v) is 23.9. The average Bonchev–Trinajstić information content (AvgIpc) is 0.825. The van der Waals surface area contributed by atoms with E-state index >= 15 is 0 Å². The molecule has 552 valence electrons. The average molecular weight is 1450 g/mol. The zero-order chi connectivity index (χ0) is 76.3. The lowest BCUT2D eigenvalue weighted by atomic mass is 10.1. The van der Waals surface area contributed by atoms with Gasteiger partial charge >= 0.3 is 18.1 Å². The molecule has 6 aromatic heterocycles. The molecular formula is C69H80FN21O14. The highest BCUT2D eigenvalue weighted by atomic mass is 19.1. The number of piperazine rings is 3. The van der Waals surface area contributed by atoms with Crippen LogP contribution in [-0.2, 0) is 43.5 Å². The number of ether oxygens (including phenoxy) is 5. The molecule has 3 fully saturated rings. The number of carbonyl (C=O) groups is 9. The first kappa shape index (κ1) is 80.0. The van der Waals surface area contributed by atoms with E-state index in [0.29, 0.717) is 88.0 Å². The molecule has 3 aliphatic heterocycles. The zero-order valence-corrected chi connectivity index (χ0v) is 59.4. The summed E-state index contributed by atoms with van der Waals surface area (Å²) in [5.41, 5.74) is 2.75. The number of hydrogen-bond donors (Lipinski definition) is 3. The minimum absolute atomic E-state index is 0.0170. The van der Waals surface area contributed by atoms with Crippen LogP contribution in [0.4, 0.5) is 53.7 Å². The number of aldehydes is 3. The smallest absolute Gasteiger partial charge is 0.328 e. The Labute approximate surface area is 604 Å². The van der Waals surface area contributed by atoms with Gasteiger partial charge in [0.25, 0.3) is 0 Å². The molecule has 6 aromatic rings. The number of nitrogens with one attached hydrogen (secondary N) is 3. The Balaban J connectivity index is 0.000000220. The summed E-state index contributed by atoms with van der Waals surface area (Å²) in [7, 11) is 13.2. The van der Waals surface area contributed by atoms with E-state index in [1.54, 1.807) is 65.1 Å². The number of amides is 9. The number of likely N-dealkylation sites (N-methyl/N-ethyl adjacent to an activating group) is 3. The molecular weight excluding hydrogens is 1370 g/mol. The number of carbonyl (C=O) groups excluding carboxylic acids is 9. The summed E-state index contributed by atoms with van der Waals surface area (Å²) >= 11 is 0. The number of pyridine rings is 6. The van der Waals surface area contributed by atoms with E-state index in [-0.39, 0.29) is 143 Å². The van der Waals surface area contributed by atoms with E-state index in [9.17, 15) is 58.1 Å². The van der Waals surface area contributed by atoms with Crippen molar-refractivity contribution in [3.63, 3.8) is 0 Å². The predicted octanol–water partition coefficient (Wildman–Crippen LogP) is 4.10. The Morgan fingerprint density at radius 1 is 0.524 bits per heavy atom. The third kappa shape index (κ3) is 22.6. The fourth-order valence-electron chi connectivity index (χ4n) is 10.2. The minimum Gasteiger partial charge on any atom is -0.490 e. The van der Waals surface area contributed by atoms with Gasteiger partial charge in [0.2, 0.25) is 17.7 Å². The molecule has 9 heterocycles. The monoisotopic (exact) mass is 1450 g/mol. The van der Waals surface area contributed by atoms with Gasteiger partial charge in [0.1, 0.15) is 130 Å². The number of methoxy groups -OCH3 is 2. The third-order valence-electron chi connectivity index (χ3n) is 16.2. The van der Waals surface area contributed by atoms with Gasteiger partial charge < -0.3 is 38.4 Å². The molecule has 1 atom stereocenters. The van der Waals surface area contributed by atoms with Crippen LogP contribution in [0.25, 0.3) is 0 Å². The summed E-state index contributed by atoms with van der Waals surface area (Å²) in [5, 5.41) is 35.4. The van der Waals surface area contributed by atoms with E-state index in [1.165, 1.54) is 79.7 Å². The van der Waals surface area contributed by atoms with Crippen LogP contribution >= 0.6 is 0 Å². The molecule has 0 saturated carbocycles. The highest BCUT2D eigenvalue weighted by molar-refractivity contribution is 6.02. The molecule has 9 rings (SSSR count). The second-order valence-electron chi connectivity index (χ2n) is 23.9. The fraction of sp³-hybridized carbons (Fsp3) is 0.391. The topological polar surface area (TPSA) is 414 Å². The summed E-state index contributed by atoms with van der Waals surface area (Å²) in [6.45, 7) is 7.36. The van der Waals surface area contributed by atoms with Gasteiger partial charge in [-0.3, -0.25) is 74.1 Å². The van der Waals surface area contributed by atoms with Crippen LogP contribution in [0.5, 0.6) is 17.2 Å². The number of hydrogen-bond acceptors (Lipinski definition) is 26. The molecule has 0 aliphatic carbocycles. The molecule has 3 saturated heterocycles. The Bertz CT molecular complexity index is 4270. The van der Waals surface area contributed by atoms with Crippen LogP contribution in [0.2, 0.25) is 0 Å². The number of nitriles is 3. The van der Waals surface area contributed by atoms with Gasteiger partial charge in [-0.15, -0.1) is 0 Å². The van der Waals surface area contributed by atoms with Crippen LogP contribution in [0.15, 0.2) is 73.2 Å². The summed E-state index contributed by atoms with van der Waals surface area (Å²) in [6.07, 6.45) is 5.30. The van der Waals surface area contributed by atoms with Crippen LogP contribution in [0, 0.1) is 34.0 Å². The molecule has 0 aromatic carbocycles. The van der Waals surface area contributed by atoms with Crippen molar-refractivity contribution in [3.05, 3.63) is 124 Å².